The number of carboxylic acid groups (broad SMARTS) is 2. The lowest BCUT2D eigenvalue weighted by atomic mass is 10.1. The van der Waals surface area contributed by atoms with Crippen LogP contribution < -0.4 is 10.6 Å². The Labute approximate surface area is 106 Å². The molecule has 1 atom stereocenters. The normalized spacial score (nSPS) is 11.4. The molecule has 0 aliphatic rings. The molecule has 0 heterocycles. The van der Waals surface area contributed by atoms with E-state index in [0.29, 0.717) is 4.48 Å². The van der Waals surface area contributed by atoms with Crippen LogP contribution in [0.5, 0.6) is 0 Å². The second-order valence-electron chi connectivity index (χ2n) is 3.17. The number of aliphatic carboxylic acids is 2. The van der Waals surface area contributed by atoms with Crippen LogP contribution in [0.15, 0.2) is 11.1 Å². The Bertz CT molecular complexity index is 331. The van der Waals surface area contributed by atoms with E-state index in [1.165, 1.54) is 0 Å². The number of hydrogen-bond donors (Lipinski definition) is 4. The van der Waals surface area contributed by atoms with E-state index in [1.807, 2.05) is 0 Å². The number of carbonyl (C=O) groups is 3. The van der Waals surface area contributed by atoms with Crippen LogP contribution in [0.3, 0.4) is 0 Å². The zero-order chi connectivity index (χ0) is 13.4. The van der Waals surface area contributed by atoms with Gasteiger partial charge < -0.3 is 20.8 Å². The maximum Gasteiger partial charge on any atom is 0.326 e. The van der Waals surface area contributed by atoms with Crippen molar-refractivity contribution in [2.45, 2.75) is 18.9 Å². The fraction of sp³-hybridized carbons (Fsp3) is 0.444. The molecule has 0 radical (unpaired) electrons. The molecule has 17 heavy (non-hydrogen) atoms. The van der Waals surface area contributed by atoms with E-state index in [2.05, 4.69) is 33.1 Å². The highest BCUT2D eigenvalue weighted by atomic mass is 79.9. The third-order valence-electron chi connectivity index (χ3n) is 1.69. The summed E-state index contributed by atoms with van der Waals surface area (Å²) in [4.78, 5) is 32.2. The molecule has 8 heteroatoms. The van der Waals surface area contributed by atoms with Crippen molar-refractivity contribution in [2.24, 2.45) is 0 Å². The highest BCUT2D eigenvalue weighted by Crippen LogP contribution is 1.99. The average molecular weight is 309 g/mol. The van der Waals surface area contributed by atoms with E-state index >= 15 is 0 Å². The maximum atomic E-state index is 11.2. The number of nitrogens with one attached hydrogen (secondary N) is 2. The molecule has 7 nitrogen and oxygen atoms in total. The van der Waals surface area contributed by atoms with Crippen LogP contribution in [0.25, 0.3) is 0 Å². The lowest BCUT2D eigenvalue weighted by Gasteiger charge is -2.13. The summed E-state index contributed by atoms with van der Waals surface area (Å²) in [5.74, 6) is -2.40. The summed E-state index contributed by atoms with van der Waals surface area (Å²) >= 11 is 3.02. The van der Waals surface area contributed by atoms with E-state index in [0.717, 1.165) is 0 Å². The summed E-state index contributed by atoms with van der Waals surface area (Å²) in [7, 11) is 0. The number of carboxylic acids is 2. The standard InChI is InChI=1S/C9H13BrN2O5/c1-5(10)4-11-9(17)12-6(8(15)16)2-3-7(13)14/h6H,1-4H2,(H,13,14)(H,15,16)(H2,11,12,17). The number of amides is 2. The molecule has 0 spiro atoms. The van der Waals surface area contributed by atoms with Crippen LogP contribution >= 0.6 is 15.9 Å². The van der Waals surface area contributed by atoms with E-state index in [9.17, 15) is 14.4 Å². The molecule has 0 aromatic heterocycles. The van der Waals surface area contributed by atoms with Gasteiger partial charge in [0.2, 0.25) is 0 Å². The van der Waals surface area contributed by atoms with E-state index in [-0.39, 0.29) is 19.4 Å². The summed E-state index contributed by atoms with van der Waals surface area (Å²) in [6, 6.07) is -1.92. The molecule has 0 rings (SSSR count). The molecule has 0 bridgehead atoms. The van der Waals surface area contributed by atoms with Gasteiger partial charge in [-0.1, -0.05) is 22.5 Å². The van der Waals surface area contributed by atoms with Gasteiger partial charge in [-0.15, -0.1) is 0 Å². The maximum absolute atomic E-state index is 11.2. The molecule has 0 saturated heterocycles. The molecule has 0 saturated carbocycles. The first kappa shape index (κ1) is 15.4. The molecular weight excluding hydrogens is 296 g/mol. The molecule has 0 aromatic rings. The number of hydrogen-bond acceptors (Lipinski definition) is 3. The average Bonchev–Trinajstić information content (AvgIpc) is 2.20. The van der Waals surface area contributed by atoms with Crippen LogP contribution in [-0.4, -0.2) is 40.8 Å². The summed E-state index contributed by atoms with van der Waals surface area (Å²) < 4.78 is 0.532. The van der Waals surface area contributed by atoms with Gasteiger partial charge in [-0.2, -0.15) is 0 Å². The molecule has 96 valence electrons. The fourth-order valence-electron chi connectivity index (χ4n) is 0.911. The van der Waals surface area contributed by atoms with Gasteiger partial charge >= 0.3 is 18.0 Å². The minimum absolute atomic E-state index is 0.150. The zero-order valence-corrected chi connectivity index (χ0v) is 10.5. The summed E-state index contributed by atoms with van der Waals surface area (Å²) in [5.41, 5.74) is 0. The second-order valence-corrected chi connectivity index (χ2v) is 4.29. The van der Waals surface area contributed by atoms with Crippen molar-refractivity contribution in [1.29, 1.82) is 0 Å². The largest absolute Gasteiger partial charge is 0.481 e. The first-order chi connectivity index (χ1) is 7.82. The summed E-state index contributed by atoms with van der Waals surface area (Å²) in [6.45, 7) is 3.63. The Kier molecular flexibility index (Phi) is 6.95. The Hall–Kier alpha value is -1.57. The van der Waals surface area contributed by atoms with Crippen molar-refractivity contribution in [3.63, 3.8) is 0 Å². The van der Waals surface area contributed by atoms with Gasteiger partial charge in [-0.3, -0.25) is 4.79 Å². The SMILES string of the molecule is C=C(Br)CNC(=O)NC(CCC(=O)O)C(=O)O. The predicted molar refractivity (Wildman–Crippen MR) is 62.9 cm³/mol. The first-order valence-corrected chi connectivity index (χ1v) is 5.44. The predicted octanol–water partition coefficient (Wildman–Crippen LogP) is 0.512. The van der Waals surface area contributed by atoms with E-state index < -0.39 is 24.0 Å². The molecule has 1 unspecified atom stereocenters. The van der Waals surface area contributed by atoms with Gasteiger partial charge in [0.05, 0.1) is 6.54 Å². The topological polar surface area (TPSA) is 116 Å². The van der Waals surface area contributed by atoms with Gasteiger partial charge in [0.15, 0.2) is 0 Å². The second kappa shape index (κ2) is 7.66. The van der Waals surface area contributed by atoms with E-state index in [4.69, 9.17) is 10.2 Å². The van der Waals surface area contributed by atoms with Gasteiger partial charge in [-0.25, -0.2) is 9.59 Å². The minimum Gasteiger partial charge on any atom is -0.481 e. The van der Waals surface area contributed by atoms with Crippen LogP contribution in [-0.2, 0) is 9.59 Å². The van der Waals surface area contributed by atoms with Crippen molar-refractivity contribution in [3.05, 3.63) is 11.1 Å². The van der Waals surface area contributed by atoms with Crippen molar-refractivity contribution in [2.75, 3.05) is 6.54 Å². The molecule has 0 aromatic carbocycles. The monoisotopic (exact) mass is 308 g/mol. The third-order valence-corrected chi connectivity index (χ3v) is 1.97. The Balaban J connectivity index is 4.15. The van der Waals surface area contributed by atoms with Crippen molar-refractivity contribution >= 4 is 33.9 Å². The lowest BCUT2D eigenvalue weighted by molar-refractivity contribution is -0.140. The van der Waals surface area contributed by atoms with Gasteiger partial charge in [0.1, 0.15) is 6.04 Å². The summed E-state index contributed by atoms with van der Waals surface area (Å²) in [5, 5.41) is 21.7. The van der Waals surface area contributed by atoms with Crippen molar-refractivity contribution < 1.29 is 24.6 Å². The Morgan fingerprint density at radius 2 is 1.88 bits per heavy atom. The zero-order valence-electron chi connectivity index (χ0n) is 8.90. The molecule has 0 aliphatic heterocycles. The van der Waals surface area contributed by atoms with Gasteiger partial charge in [0.25, 0.3) is 0 Å². The van der Waals surface area contributed by atoms with E-state index in [1.54, 1.807) is 0 Å². The first-order valence-electron chi connectivity index (χ1n) is 4.65. The highest BCUT2D eigenvalue weighted by Gasteiger charge is 2.20. The van der Waals surface area contributed by atoms with Crippen LogP contribution in [0.4, 0.5) is 4.79 Å². The van der Waals surface area contributed by atoms with Crippen molar-refractivity contribution in [1.82, 2.24) is 10.6 Å². The number of carbonyl (C=O) groups excluding carboxylic acids is 1. The van der Waals surface area contributed by atoms with Crippen LogP contribution in [0, 0.1) is 0 Å². The summed E-state index contributed by atoms with van der Waals surface area (Å²) in [6.07, 6.45) is -0.504. The van der Waals surface area contributed by atoms with Crippen molar-refractivity contribution in [3.8, 4) is 0 Å². The van der Waals surface area contributed by atoms with Crippen LogP contribution in [0.2, 0.25) is 0 Å². The number of rotatable bonds is 7. The van der Waals surface area contributed by atoms with Gasteiger partial charge in [-0.05, 0) is 6.42 Å². The minimum atomic E-state index is -1.28. The Morgan fingerprint density at radius 1 is 1.29 bits per heavy atom. The molecule has 0 aliphatic carbocycles. The molecule has 2 amide bonds. The van der Waals surface area contributed by atoms with Crippen LogP contribution in [0.1, 0.15) is 12.8 Å². The van der Waals surface area contributed by atoms with Gasteiger partial charge in [0, 0.05) is 10.9 Å². The molecular formula is C9H13BrN2O5. The smallest absolute Gasteiger partial charge is 0.326 e. The number of halogens is 1. The third kappa shape index (κ3) is 8.26. The quantitative estimate of drug-likeness (QED) is 0.547. The Morgan fingerprint density at radius 3 is 2.29 bits per heavy atom. The molecule has 0 fully saturated rings. The lowest BCUT2D eigenvalue weighted by Crippen LogP contribution is -2.46. The number of urea groups is 1. The molecule has 4 N–H and O–H groups in total. The highest BCUT2D eigenvalue weighted by molar-refractivity contribution is 9.11. The fourth-order valence-corrected chi connectivity index (χ4v) is 1.05.